The zero-order valence-corrected chi connectivity index (χ0v) is 45.7. The molecule has 7 rings (SSSR count). The van der Waals surface area contributed by atoms with Crippen LogP contribution in [0.5, 0.6) is 0 Å². The van der Waals surface area contributed by atoms with Gasteiger partial charge in [0.15, 0.2) is 0 Å². The van der Waals surface area contributed by atoms with Crippen molar-refractivity contribution in [1.29, 1.82) is 0 Å². The van der Waals surface area contributed by atoms with Crippen LogP contribution in [0, 0.1) is 10.8 Å². The molecule has 4 aliphatic rings. The average molecular weight is 1050 g/mol. The van der Waals surface area contributed by atoms with Crippen molar-refractivity contribution < 1.29 is 38.4 Å². The number of nitrogens with one attached hydrogen (secondary N) is 8. The zero-order valence-electron chi connectivity index (χ0n) is 45.7. The van der Waals surface area contributed by atoms with Crippen LogP contribution in [0.4, 0.5) is 0 Å². The molecule has 76 heavy (non-hydrogen) atoms. The van der Waals surface area contributed by atoms with E-state index in [0.29, 0.717) is 0 Å². The van der Waals surface area contributed by atoms with Crippen molar-refractivity contribution in [2.45, 2.75) is 167 Å². The Morgan fingerprint density at radius 3 is 1.26 bits per heavy atom. The number of carbonyl (C=O) groups is 8. The second-order valence-corrected chi connectivity index (χ2v) is 23.1. The van der Waals surface area contributed by atoms with Crippen LogP contribution in [-0.4, -0.2) is 143 Å². The van der Waals surface area contributed by atoms with Crippen molar-refractivity contribution in [3.63, 3.8) is 0 Å². The van der Waals surface area contributed by atoms with Crippen molar-refractivity contribution in [3.8, 4) is 0 Å². The van der Waals surface area contributed by atoms with E-state index in [1.807, 2.05) is 77.9 Å². The Hall–Kier alpha value is -6.80. The maximum absolute atomic E-state index is 14.6. The maximum atomic E-state index is 14.6. The van der Waals surface area contributed by atoms with Crippen LogP contribution < -0.4 is 42.5 Å². The lowest BCUT2D eigenvalue weighted by molar-refractivity contribution is -0.144. The first-order valence-electron chi connectivity index (χ1n) is 26.7. The topological polar surface area (TPSA) is 265 Å². The summed E-state index contributed by atoms with van der Waals surface area (Å²) in [5.41, 5.74) is 2.62. The van der Waals surface area contributed by atoms with E-state index in [1.165, 1.54) is 9.80 Å². The van der Waals surface area contributed by atoms with Gasteiger partial charge in [0, 0.05) is 25.2 Å². The first kappa shape index (κ1) is 56.9. The Labute approximate surface area is 446 Å². The molecule has 20 heteroatoms. The summed E-state index contributed by atoms with van der Waals surface area (Å²) in [6.45, 7) is 14.3. The van der Waals surface area contributed by atoms with Gasteiger partial charge < -0.3 is 52.3 Å². The standard InChI is InChI=1S/C56H78N12O8/c1-31(57-9)47(69)65-45(55(3,4)5)53(75)67-29-35(25-43(67)51(73)63-39-23-15-19-33-17-11-13-21-37(33)39)61-49(71)41-27-60-42(28-59-41)50(72)62-36-26-44(52(74)64-40-24-16-20-34-18-12-14-22-38(34)40)68(30-36)54(76)46(56(6,7)8)66-48(70)32(2)58-10/h11-14,17-18,21-22,27-28,31-32,35-36,39-40,43-46,57-58H,15-16,19-20,23-26,29-30H2,1-10H3,(H,61,71)(H,62,72)(H,63,73)(H,64,74)(H,65,69)(H,66,70)/t31-,32-,35-,36-,39+,40+,43-,44?,45-,46-/m0/s1. The highest BCUT2D eigenvalue weighted by atomic mass is 16.2. The molecule has 3 heterocycles. The number of rotatable bonds is 16. The van der Waals surface area contributed by atoms with E-state index in [2.05, 4.69) is 64.6 Å². The molecule has 0 bridgehead atoms. The van der Waals surface area contributed by atoms with Crippen LogP contribution in [0.3, 0.4) is 0 Å². The Balaban J connectivity index is 1.06. The van der Waals surface area contributed by atoms with Gasteiger partial charge >= 0.3 is 0 Å². The highest BCUT2D eigenvalue weighted by Crippen LogP contribution is 2.34. The highest BCUT2D eigenvalue weighted by Gasteiger charge is 2.48. The number of aromatic nitrogens is 2. The van der Waals surface area contributed by atoms with E-state index < -0.39 is 82.8 Å². The monoisotopic (exact) mass is 1050 g/mol. The maximum Gasteiger partial charge on any atom is 0.271 e. The van der Waals surface area contributed by atoms with Crippen LogP contribution in [0.1, 0.15) is 149 Å². The van der Waals surface area contributed by atoms with Crippen LogP contribution in [0.15, 0.2) is 60.9 Å². The Kier molecular flexibility index (Phi) is 18.0. The van der Waals surface area contributed by atoms with Crippen molar-refractivity contribution in [2.75, 3.05) is 27.2 Å². The van der Waals surface area contributed by atoms with E-state index in [9.17, 15) is 38.4 Å². The van der Waals surface area contributed by atoms with E-state index in [0.717, 1.165) is 73.2 Å². The molecule has 3 aromatic rings. The lowest BCUT2D eigenvalue weighted by Crippen LogP contribution is -2.59. The average Bonchev–Trinajstić information content (AvgIpc) is 4.03. The molecular formula is C56H78N12O8. The van der Waals surface area contributed by atoms with E-state index >= 15 is 0 Å². The van der Waals surface area contributed by atoms with Gasteiger partial charge in [0.1, 0.15) is 35.6 Å². The molecule has 20 nitrogen and oxygen atoms in total. The summed E-state index contributed by atoms with van der Waals surface area (Å²) in [5.74, 6) is -3.72. The van der Waals surface area contributed by atoms with Crippen LogP contribution >= 0.6 is 0 Å². The van der Waals surface area contributed by atoms with Crippen molar-refractivity contribution in [2.24, 2.45) is 10.8 Å². The molecule has 0 radical (unpaired) electrons. The van der Waals surface area contributed by atoms with Crippen LogP contribution in [0.25, 0.3) is 0 Å². The van der Waals surface area contributed by atoms with Gasteiger partial charge in [0.2, 0.25) is 35.4 Å². The number of hydrogen-bond acceptors (Lipinski definition) is 12. The normalized spacial score (nSPS) is 22.9. The number of hydrogen-bond donors (Lipinski definition) is 8. The number of aryl methyl sites for hydroxylation is 2. The van der Waals surface area contributed by atoms with Crippen molar-refractivity contribution >= 4 is 47.3 Å². The Morgan fingerprint density at radius 1 is 0.553 bits per heavy atom. The number of amides is 8. The molecule has 8 N–H and O–H groups in total. The summed E-state index contributed by atoms with van der Waals surface area (Å²) in [4.78, 5) is 124. The molecular weight excluding hydrogens is 969 g/mol. The minimum absolute atomic E-state index is 0.0341. The van der Waals surface area contributed by atoms with Crippen LogP contribution in [-0.2, 0) is 41.6 Å². The van der Waals surface area contributed by atoms with Gasteiger partial charge in [-0.05, 0) is 112 Å². The van der Waals surface area contributed by atoms with E-state index in [1.54, 1.807) is 27.9 Å². The minimum Gasteiger partial charge on any atom is -0.347 e. The molecule has 2 saturated heterocycles. The van der Waals surface area contributed by atoms with Crippen molar-refractivity contribution in [3.05, 3.63) is 94.6 Å². The Morgan fingerprint density at radius 2 is 0.921 bits per heavy atom. The number of fused-ring (bicyclic) bond motifs is 2. The number of nitrogens with zero attached hydrogens (tertiary/aromatic N) is 4. The summed E-state index contributed by atoms with van der Waals surface area (Å²) in [5, 5.41) is 23.8. The van der Waals surface area contributed by atoms with Gasteiger partial charge in [-0.2, -0.15) is 0 Å². The molecule has 8 amide bonds. The first-order chi connectivity index (χ1) is 36.0. The molecule has 1 aromatic heterocycles. The molecule has 2 aliphatic carbocycles. The lowest BCUT2D eigenvalue weighted by atomic mass is 9.85. The van der Waals surface area contributed by atoms with Crippen LogP contribution in [0.2, 0.25) is 0 Å². The summed E-state index contributed by atoms with van der Waals surface area (Å²) >= 11 is 0. The molecule has 410 valence electrons. The summed E-state index contributed by atoms with van der Waals surface area (Å²) in [6, 6.07) is 8.84. The minimum atomic E-state index is -1.00. The smallest absolute Gasteiger partial charge is 0.271 e. The fraction of sp³-hybridized carbons (Fsp3) is 0.571. The first-order valence-corrected chi connectivity index (χ1v) is 26.7. The fourth-order valence-electron chi connectivity index (χ4n) is 10.7. The lowest BCUT2D eigenvalue weighted by Gasteiger charge is -2.36. The Bertz CT molecular complexity index is 2470. The molecule has 0 saturated carbocycles. The highest BCUT2D eigenvalue weighted by molar-refractivity contribution is 5.97. The van der Waals surface area contributed by atoms with Gasteiger partial charge in [0.25, 0.3) is 11.8 Å². The van der Waals surface area contributed by atoms with Gasteiger partial charge in [0.05, 0.1) is 36.6 Å². The molecule has 1 unspecified atom stereocenters. The van der Waals surface area contributed by atoms with E-state index in [4.69, 9.17) is 0 Å². The molecule has 0 spiro atoms. The number of carbonyl (C=O) groups excluding carboxylic acids is 8. The second kappa shape index (κ2) is 24.0. The second-order valence-electron chi connectivity index (χ2n) is 23.1. The van der Waals surface area contributed by atoms with Gasteiger partial charge in [-0.1, -0.05) is 90.1 Å². The summed E-state index contributed by atoms with van der Waals surface area (Å²) < 4.78 is 0. The predicted molar refractivity (Wildman–Crippen MR) is 285 cm³/mol. The van der Waals surface area contributed by atoms with Crippen molar-refractivity contribution in [1.82, 2.24) is 62.3 Å². The van der Waals surface area contributed by atoms with Gasteiger partial charge in [-0.3, -0.25) is 38.4 Å². The quantitative estimate of drug-likeness (QED) is 0.103. The van der Waals surface area contributed by atoms with E-state index in [-0.39, 0.29) is 73.0 Å². The molecule has 2 aromatic carbocycles. The van der Waals surface area contributed by atoms with Gasteiger partial charge in [-0.15, -0.1) is 0 Å². The summed E-state index contributed by atoms with van der Waals surface area (Å²) in [7, 11) is 3.29. The molecule has 2 aliphatic heterocycles. The number of likely N-dealkylation sites (tertiary alicyclic amines) is 2. The molecule has 2 fully saturated rings. The number of benzene rings is 2. The van der Waals surface area contributed by atoms with Gasteiger partial charge in [-0.25, -0.2) is 9.97 Å². The third-order valence-corrected chi connectivity index (χ3v) is 15.4. The predicted octanol–water partition coefficient (Wildman–Crippen LogP) is 2.54. The summed E-state index contributed by atoms with van der Waals surface area (Å²) in [6.07, 6.45) is 7.47. The largest absolute Gasteiger partial charge is 0.347 e. The third-order valence-electron chi connectivity index (χ3n) is 15.4. The number of likely N-dealkylation sites (N-methyl/N-ethyl adjacent to an activating group) is 2. The SMILES string of the molecule is CN[C@@H](C)C(=O)N[C@@H](C(=O)N1C[C@@H](NC(=O)c2cnc(C(=O)N[C@H]3C[C@@H](C(=O)N[C@@H]4CCCc5ccccc54)N(C(=O)[C@H](NC(=O)[C@H](C)NC)C(C)(C)C)C3)cn2)CC1C(=O)N[C@@H]1CCCc2ccccc21)C(C)(C)C. The zero-order chi connectivity index (χ0) is 55.2. The molecule has 10 atom stereocenters. The third kappa shape index (κ3) is 13.2. The fourth-order valence-corrected chi connectivity index (χ4v) is 10.7.